The summed E-state index contributed by atoms with van der Waals surface area (Å²) in [7, 11) is 0. The van der Waals surface area contributed by atoms with E-state index in [4.69, 9.17) is 19.4 Å². The van der Waals surface area contributed by atoms with Crippen molar-refractivity contribution in [3.63, 3.8) is 0 Å². The first-order valence-electron chi connectivity index (χ1n) is 10.2. The fourth-order valence-electron chi connectivity index (χ4n) is 3.90. The van der Waals surface area contributed by atoms with Crippen molar-refractivity contribution in [2.45, 2.75) is 0 Å². The normalized spacial score (nSPS) is 11.3. The van der Waals surface area contributed by atoms with Crippen LogP contribution in [0.25, 0.3) is 56.1 Å². The summed E-state index contributed by atoms with van der Waals surface area (Å²) in [6.45, 7) is 0. The second-order valence-electron chi connectivity index (χ2n) is 7.43. The Hall–Kier alpha value is -3.83. The molecule has 5 heteroatoms. The van der Waals surface area contributed by atoms with Crippen LogP contribution in [0.4, 0.5) is 0 Å². The fourth-order valence-corrected chi connectivity index (χ4v) is 4.36. The first-order valence-corrected chi connectivity index (χ1v) is 11.0. The molecule has 6 rings (SSSR count). The number of furan rings is 1. The van der Waals surface area contributed by atoms with Gasteiger partial charge in [0.15, 0.2) is 17.5 Å². The van der Waals surface area contributed by atoms with E-state index in [2.05, 4.69) is 28.1 Å². The third-order valence-electron chi connectivity index (χ3n) is 5.43. The predicted octanol–water partition coefficient (Wildman–Crippen LogP) is 7.53. The summed E-state index contributed by atoms with van der Waals surface area (Å²) >= 11 is 3.64. The molecule has 0 saturated carbocycles. The van der Waals surface area contributed by atoms with E-state index < -0.39 is 0 Å². The smallest absolute Gasteiger partial charge is 0.167 e. The van der Waals surface area contributed by atoms with Crippen molar-refractivity contribution in [2.75, 3.05) is 0 Å². The second-order valence-corrected chi connectivity index (χ2v) is 8.29. The van der Waals surface area contributed by atoms with Gasteiger partial charge in [0.2, 0.25) is 0 Å². The predicted molar refractivity (Wildman–Crippen MR) is 131 cm³/mol. The summed E-state index contributed by atoms with van der Waals surface area (Å²) in [6, 6.07) is 32.0. The Morgan fingerprint density at radius 2 is 1.16 bits per heavy atom. The van der Waals surface area contributed by atoms with Crippen LogP contribution < -0.4 is 0 Å². The van der Waals surface area contributed by atoms with Gasteiger partial charge in [0.25, 0.3) is 0 Å². The van der Waals surface area contributed by atoms with Crippen LogP contribution in [-0.2, 0) is 0 Å². The highest BCUT2D eigenvalue weighted by Crippen LogP contribution is 2.36. The molecule has 0 fully saturated rings. The highest BCUT2D eigenvalue weighted by atomic mass is 79.9. The molecule has 4 nitrogen and oxygen atoms in total. The molecular formula is C27H16BrN3O. The van der Waals surface area contributed by atoms with E-state index in [9.17, 15) is 0 Å². The van der Waals surface area contributed by atoms with Gasteiger partial charge < -0.3 is 4.42 Å². The van der Waals surface area contributed by atoms with Gasteiger partial charge in [-0.15, -0.1) is 0 Å². The minimum atomic E-state index is 0.578. The lowest BCUT2D eigenvalue weighted by Gasteiger charge is -2.09. The van der Waals surface area contributed by atoms with Gasteiger partial charge in [-0.3, -0.25) is 0 Å². The third kappa shape index (κ3) is 3.18. The van der Waals surface area contributed by atoms with E-state index in [-0.39, 0.29) is 0 Å². The Balaban J connectivity index is 1.64. The average molecular weight is 478 g/mol. The molecule has 0 aliphatic rings. The topological polar surface area (TPSA) is 51.8 Å². The van der Waals surface area contributed by atoms with E-state index in [1.54, 1.807) is 0 Å². The fraction of sp³-hybridized carbons (Fsp3) is 0. The number of halogens is 1. The largest absolute Gasteiger partial charge is 0.455 e. The third-order valence-corrected chi connectivity index (χ3v) is 6.12. The zero-order valence-electron chi connectivity index (χ0n) is 16.9. The van der Waals surface area contributed by atoms with Crippen molar-refractivity contribution in [3.8, 4) is 34.2 Å². The van der Waals surface area contributed by atoms with Gasteiger partial charge in [0, 0.05) is 26.4 Å². The van der Waals surface area contributed by atoms with Crippen LogP contribution in [0.3, 0.4) is 0 Å². The maximum atomic E-state index is 6.24. The van der Waals surface area contributed by atoms with Crippen LogP contribution >= 0.6 is 15.9 Å². The number of hydrogen-bond acceptors (Lipinski definition) is 4. The Labute approximate surface area is 192 Å². The van der Waals surface area contributed by atoms with Gasteiger partial charge in [-0.05, 0) is 18.2 Å². The van der Waals surface area contributed by atoms with Gasteiger partial charge in [-0.25, -0.2) is 15.0 Å². The molecule has 0 saturated heterocycles. The Bertz CT molecular complexity index is 1590. The van der Waals surface area contributed by atoms with E-state index in [1.807, 2.05) is 84.9 Å². The van der Waals surface area contributed by atoms with Gasteiger partial charge in [-0.1, -0.05) is 94.8 Å². The molecule has 0 spiro atoms. The van der Waals surface area contributed by atoms with Crippen molar-refractivity contribution in [1.82, 2.24) is 15.0 Å². The first kappa shape index (κ1) is 18.9. The van der Waals surface area contributed by atoms with Crippen LogP contribution in [0.1, 0.15) is 0 Å². The molecule has 2 heterocycles. The number of hydrogen-bond donors (Lipinski definition) is 0. The van der Waals surface area contributed by atoms with Crippen molar-refractivity contribution >= 4 is 37.9 Å². The Kier molecular flexibility index (Phi) is 4.55. The molecule has 2 aromatic heterocycles. The quantitative estimate of drug-likeness (QED) is 0.264. The lowest BCUT2D eigenvalue weighted by Crippen LogP contribution is -2.00. The van der Waals surface area contributed by atoms with E-state index in [0.717, 1.165) is 43.1 Å². The van der Waals surface area contributed by atoms with Crippen LogP contribution in [0.15, 0.2) is 106 Å². The standard InChI is InChI=1S/C27H16BrN3O/c28-22-15-6-4-12-20(22)26-29-25(17-9-2-1-3-10-17)30-27(31-26)21-14-8-13-19-18-11-5-7-16-23(18)32-24(19)21/h1-16H. The summed E-state index contributed by atoms with van der Waals surface area (Å²) in [5.74, 6) is 1.80. The number of rotatable bonds is 3. The van der Waals surface area contributed by atoms with Crippen LogP contribution in [0, 0.1) is 0 Å². The number of nitrogens with zero attached hydrogens (tertiary/aromatic N) is 3. The van der Waals surface area contributed by atoms with Crippen molar-refractivity contribution < 1.29 is 4.42 Å². The molecule has 0 aliphatic carbocycles. The van der Waals surface area contributed by atoms with Crippen LogP contribution in [0.5, 0.6) is 0 Å². The second kappa shape index (κ2) is 7.70. The van der Waals surface area contributed by atoms with E-state index in [0.29, 0.717) is 17.5 Å². The molecule has 0 amide bonds. The summed E-state index contributed by atoms with van der Waals surface area (Å²) < 4.78 is 7.17. The van der Waals surface area contributed by atoms with Crippen molar-refractivity contribution in [2.24, 2.45) is 0 Å². The zero-order valence-corrected chi connectivity index (χ0v) is 18.5. The van der Waals surface area contributed by atoms with Gasteiger partial charge in [0.05, 0.1) is 5.56 Å². The van der Waals surface area contributed by atoms with Crippen LogP contribution in [-0.4, -0.2) is 15.0 Å². The average Bonchev–Trinajstić information content (AvgIpc) is 3.23. The molecular weight excluding hydrogens is 462 g/mol. The Morgan fingerprint density at radius 3 is 2.00 bits per heavy atom. The SMILES string of the molecule is Brc1ccccc1-c1nc(-c2ccccc2)nc(-c2cccc3c2oc2ccccc23)n1. The van der Waals surface area contributed by atoms with Gasteiger partial charge >= 0.3 is 0 Å². The molecule has 0 atom stereocenters. The number of benzene rings is 4. The summed E-state index contributed by atoms with van der Waals surface area (Å²) in [4.78, 5) is 14.5. The molecule has 0 aliphatic heterocycles. The molecule has 4 aromatic carbocycles. The maximum absolute atomic E-state index is 6.24. The molecule has 6 aromatic rings. The molecule has 0 N–H and O–H groups in total. The lowest BCUT2D eigenvalue weighted by molar-refractivity contribution is 0.669. The highest BCUT2D eigenvalue weighted by molar-refractivity contribution is 9.10. The summed E-state index contributed by atoms with van der Waals surface area (Å²) in [6.07, 6.45) is 0. The molecule has 0 radical (unpaired) electrons. The van der Waals surface area contributed by atoms with E-state index in [1.165, 1.54) is 0 Å². The minimum Gasteiger partial charge on any atom is -0.455 e. The first-order chi connectivity index (χ1) is 15.8. The molecule has 0 bridgehead atoms. The van der Waals surface area contributed by atoms with E-state index >= 15 is 0 Å². The van der Waals surface area contributed by atoms with Gasteiger partial charge in [-0.2, -0.15) is 0 Å². The minimum absolute atomic E-state index is 0.578. The molecule has 32 heavy (non-hydrogen) atoms. The van der Waals surface area contributed by atoms with Crippen molar-refractivity contribution in [3.05, 3.63) is 102 Å². The highest BCUT2D eigenvalue weighted by Gasteiger charge is 2.18. The number of para-hydroxylation sites is 2. The van der Waals surface area contributed by atoms with Gasteiger partial charge in [0.1, 0.15) is 11.2 Å². The number of aromatic nitrogens is 3. The molecule has 0 unspecified atom stereocenters. The zero-order chi connectivity index (χ0) is 21.5. The maximum Gasteiger partial charge on any atom is 0.167 e. The lowest BCUT2D eigenvalue weighted by atomic mass is 10.1. The monoisotopic (exact) mass is 477 g/mol. The van der Waals surface area contributed by atoms with Crippen molar-refractivity contribution in [1.29, 1.82) is 0 Å². The summed E-state index contributed by atoms with van der Waals surface area (Å²) in [5, 5.41) is 2.12. The Morgan fingerprint density at radius 1 is 0.531 bits per heavy atom. The summed E-state index contributed by atoms with van der Waals surface area (Å²) in [5.41, 5.74) is 4.30. The molecule has 152 valence electrons. The number of fused-ring (bicyclic) bond motifs is 3. The van der Waals surface area contributed by atoms with Crippen LogP contribution in [0.2, 0.25) is 0 Å².